The predicted molar refractivity (Wildman–Crippen MR) is 397 cm³/mol. The molecule has 594 valence electrons. The summed E-state index contributed by atoms with van der Waals surface area (Å²) in [7, 11) is 0. The first-order valence-electron chi connectivity index (χ1n) is 36.5. The van der Waals surface area contributed by atoms with Gasteiger partial charge in [-0.15, -0.1) is 0 Å². The summed E-state index contributed by atoms with van der Waals surface area (Å²) in [5, 5.41) is 27.0. The number of carboxylic acids is 1. The molecule has 47 nitrogen and oxygen atoms in total. The Morgan fingerprint density at radius 2 is 0.652 bits per heavy atom. The van der Waals surface area contributed by atoms with Crippen molar-refractivity contribution in [1.82, 2.24) is 144 Å². The molecule has 5 saturated heterocycles. The summed E-state index contributed by atoms with van der Waals surface area (Å²) in [5.41, 5.74) is 21.8. The molecule has 0 aromatic carbocycles. The molecule has 0 aliphatic carbocycles. The normalized spacial score (nSPS) is 22.6. The van der Waals surface area contributed by atoms with Crippen molar-refractivity contribution >= 4 is 110 Å². The lowest BCUT2D eigenvalue weighted by Crippen LogP contribution is -2.51. The van der Waals surface area contributed by atoms with E-state index in [-0.39, 0.29) is 222 Å². The lowest BCUT2D eigenvalue weighted by Gasteiger charge is -2.27. The van der Waals surface area contributed by atoms with Gasteiger partial charge in [0, 0.05) is 123 Å². The number of aliphatic carboxylic acids is 1. The maximum Gasteiger partial charge on any atom is 0.328 e. The first kappa shape index (κ1) is 76.2. The molecule has 5 fully saturated rings. The van der Waals surface area contributed by atoms with Gasteiger partial charge < -0.3 is 78.2 Å². The topological polar surface area (TPSA) is 641 Å². The van der Waals surface area contributed by atoms with Crippen LogP contribution in [-0.4, -0.2) is 294 Å². The Kier molecular flexibility index (Phi) is 21.6. The third kappa shape index (κ3) is 15.8. The van der Waals surface area contributed by atoms with Gasteiger partial charge in [-0.25, -0.2) is 24.7 Å². The second-order valence-corrected chi connectivity index (χ2v) is 28.7. The van der Waals surface area contributed by atoms with E-state index >= 15 is 0 Å². The zero-order valence-corrected chi connectivity index (χ0v) is 60.8. The number of nitrogen functional groups attached to an aromatic ring is 4. The average Bonchev–Trinajstić information content (AvgIpc) is 1.63. The van der Waals surface area contributed by atoms with E-state index in [4.69, 9.17) is 22.9 Å². The molecule has 6 amide bonds. The average molecular weight is 1550 g/mol. The lowest BCUT2D eigenvalue weighted by atomic mass is 10.1. The van der Waals surface area contributed by atoms with Crippen molar-refractivity contribution in [3.63, 3.8) is 0 Å². The van der Waals surface area contributed by atoms with Crippen LogP contribution in [0.15, 0.2) is 60.3 Å². The van der Waals surface area contributed by atoms with Crippen LogP contribution in [0.3, 0.4) is 0 Å². The number of H-pyrrole nitrogens is 5. The summed E-state index contributed by atoms with van der Waals surface area (Å²) in [4.78, 5) is 229. The molecule has 9 aromatic heterocycles. The Balaban J connectivity index is 0.666. The van der Waals surface area contributed by atoms with Crippen molar-refractivity contribution in [2.45, 2.75) is 113 Å². The Morgan fingerprint density at radius 1 is 0.393 bits per heavy atom. The number of hydrogen-bond acceptors (Lipinski definition) is 30. The number of nitrogens with two attached hydrogens (primary N) is 4. The Labute approximate surface area is 630 Å². The van der Waals surface area contributed by atoms with E-state index in [0.717, 1.165) is 0 Å². The summed E-state index contributed by atoms with van der Waals surface area (Å²) in [6.45, 7) is 4.94. The van der Waals surface area contributed by atoms with Crippen molar-refractivity contribution in [2.75, 3.05) is 128 Å². The van der Waals surface area contributed by atoms with Crippen molar-refractivity contribution in [1.29, 1.82) is 0 Å². The van der Waals surface area contributed by atoms with E-state index in [2.05, 4.69) is 96.7 Å². The van der Waals surface area contributed by atoms with Crippen molar-refractivity contribution < 1.29 is 38.7 Å². The molecule has 10 atom stereocenters. The molecular formula is C65H85N33O14. The fraction of sp³-hybridized carbons (Fsp3) is 0.523. The first-order chi connectivity index (χ1) is 53.7. The molecule has 14 rings (SSSR count). The SMILES string of the molecule is CC(=O)NCCN1C[C@@H](n2cnc3c(=O)[nH]c(N)nc32)C[C@H]1C(=O)NCCN1C[C@@H](n2cnc3c(=O)[nH]c(N)nc32)C[C@H]1C(=O)NCCN1C[C@@H](n2cnc3c(=O)[nH]c(N)nc32)C[C@H]1C(=O)NCCN1C[C@@H](n2cnc3c(=O)[nH]c(N)nc32)C[C@H]1C(=O)NCCN1C[C@@H](n2cc(C)c(=O)[nH]c2=O)C[C@H]1C(=O)NCCC(=O)O. The van der Waals surface area contributed by atoms with Gasteiger partial charge in [0.25, 0.3) is 27.8 Å². The molecule has 47 heteroatoms. The van der Waals surface area contributed by atoms with Crippen LogP contribution < -0.4 is 88.3 Å². The molecule has 20 N–H and O–H groups in total. The van der Waals surface area contributed by atoms with Crippen molar-refractivity contribution in [2.24, 2.45) is 0 Å². The summed E-state index contributed by atoms with van der Waals surface area (Å²) < 4.78 is 8.09. The number of aromatic amines is 5. The highest BCUT2D eigenvalue weighted by molar-refractivity contribution is 5.86. The fourth-order valence-electron chi connectivity index (χ4n) is 16.3. The van der Waals surface area contributed by atoms with Gasteiger partial charge in [-0.1, -0.05) is 0 Å². The highest BCUT2D eigenvalue weighted by Gasteiger charge is 2.45. The van der Waals surface area contributed by atoms with Gasteiger partial charge in [0.15, 0.2) is 44.7 Å². The van der Waals surface area contributed by atoms with Crippen LogP contribution in [0.25, 0.3) is 44.7 Å². The number of aryl methyl sites for hydroxylation is 1. The minimum absolute atomic E-state index is 0.00116. The second-order valence-electron chi connectivity index (χ2n) is 28.7. The third-order valence-corrected chi connectivity index (χ3v) is 21.5. The quantitative estimate of drug-likeness (QED) is 0.0217. The molecule has 0 saturated carbocycles. The molecule has 14 heterocycles. The highest BCUT2D eigenvalue weighted by atomic mass is 16.4. The Morgan fingerprint density at radius 3 is 0.920 bits per heavy atom. The lowest BCUT2D eigenvalue weighted by molar-refractivity contribution is -0.137. The number of carbonyl (C=O) groups excluding carboxylic acids is 6. The van der Waals surface area contributed by atoms with Gasteiger partial charge in [-0.2, -0.15) is 19.9 Å². The van der Waals surface area contributed by atoms with Gasteiger partial charge in [0.05, 0.1) is 92.1 Å². The Hall–Kier alpha value is -12.6. The van der Waals surface area contributed by atoms with E-state index in [1.165, 1.54) is 43.0 Å². The highest BCUT2D eigenvalue weighted by Crippen LogP contribution is 2.35. The first-order valence-corrected chi connectivity index (χ1v) is 36.5. The Bertz CT molecular complexity index is 5540. The van der Waals surface area contributed by atoms with Gasteiger partial charge in [0.1, 0.15) is 0 Å². The number of imidazole rings is 4. The van der Waals surface area contributed by atoms with E-state index in [0.29, 0.717) is 13.1 Å². The van der Waals surface area contributed by atoms with E-state index in [1.54, 1.807) is 30.1 Å². The molecule has 0 bridgehead atoms. The van der Waals surface area contributed by atoms with E-state index in [9.17, 15) is 67.4 Å². The standard InChI is InChI=1S/C65H85N33O14/c1-30-20-94(65(112)88-51(30)102)32-15-37(52(103)71-4-3-42(100)101)90(21-32)11-6-72-54(105)39-17-34(96-27-77-44-48(96)81-62(67)85-58(44)109)24-92(39)13-8-74-56(107)41-19-36(98-29-79-46-50(98)83-64(69)87-60(46)111)25-93(41)14-9-75-55(106)40-18-35(97-28-78-45-49(97)82-63(68)86-59(45)110)23-91(40)12-7-73-53(104)38-16-33(22-89(38)10-5-70-31(2)99)95-26-76-43-47(95)80-61(66)84-57(43)108/h20,26-29,32-41H,3-19,21-25H2,1-2H3,(H,70,99)(H,71,103)(H,72,105)(H,73,104)(H,74,107)(H,75,106)(H,100,101)(H,88,102,112)(H3,66,80,84,108)(H3,67,81,85,109)(H3,68,82,86,110)(H3,69,83,87,111)/t32-,33-,34-,35-,36-,37-,38-,39-,40-,41-/m0/s1. The molecule has 0 radical (unpaired) electrons. The van der Waals surface area contributed by atoms with Crippen LogP contribution in [0.1, 0.15) is 81.2 Å². The number of amides is 6. The van der Waals surface area contributed by atoms with Crippen LogP contribution >= 0.6 is 0 Å². The van der Waals surface area contributed by atoms with Gasteiger partial charge in [-0.05, 0) is 39.0 Å². The van der Waals surface area contributed by atoms with Crippen LogP contribution in [0.2, 0.25) is 0 Å². The van der Waals surface area contributed by atoms with E-state index in [1.807, 2.05) is 19.6 Å². The van der Waals surface area contributed by atoms with Crippen molar-refractivity contribution in [3.8, 4) is 0 Å². The number of carbonyl (C=O) groups is 7. The van der Waals surface area contributed by atoms with Crippen LogP contribution in [0, 0.1) is 6.92 Å². The van der Waals surface area contributed by atoms with Crippen LogP contribution in [-0.2, 0) is 33.6 Å². The largest absolute Gasteiger partial charge is 0.481 e. The number of anilines is 4. The summed E-state index contributed by atoms with van der Waals surface area (Å²) in [6, 6.07) is -6.63. The number of carboxylic acid groups (broad SMARTS) is 1. The van der Waals surface area contributed by atoms with Gasteiger partial charge >= 0.3 is 11.7 Å². The van der Waals surface area contributed by atoms with Crippen molar-refractivity contribution in [3.05, 3.63) is 99.3 Å². The smallest absolute Gasteiger partial charge is 0.328 e. The molecule has 5 aliphatic heterocycles. The number of nitrogens with one attached hydrogen (secondary N) is 11. The summed E-state index contributed by atoms with van der Waals surface area (Å²) >= 11 is 0. The monoisotopic (exact) mass is 1550 g/mol. The van der Waals surface area contributed by atoms with Crippen LogP contribution in [0.4, 0.5) is 23.8 Å². The number of rotatable bonds is 28. The molecular weight excluding hydrogens is 1470 g/mol. The number of fused-ring (bicyclic) bond motifs is 4. The summed E-state index contributed by atoms with van der Waals surface area (Å²) in [6.07, 6.45) is 7.82. The number of nitrogens with zero attached hydrogens (tertiary/aromatic N) is 18. The molecule has 9 aromatic rings. The predicted octanol–water partition coefficient (Wildman–Crippen LogP) is -8.02. The zero-order chi connectivity index (χ0) is 79.1. The van der Waals surface area contributed by atoms with Gasteiger partial charge in [-0.3, -0.25) is 112 Å². The zero-order valence-electron chi connectivity index (χ0n) is 60.8. The molecule has 112 heavy (non-hydrogen) atoms. The number of aromatic nitrogens is 18. The minimum Gasteiger partial charge on any atom is -0.481 e. The van der Waals surface area contributed by atoms with E-state index < -0.39 is 117 Å². The molecule has 5 aliphatic rings. The number of likely N-dealkylation sites (tertiary alicyclic amines) is 5. The third-order valence-electron chi connectivity index (χ3n) is 21.5. The maximum atomic E-state index is 15.0. The fourth-order valence-corrected chi connectivity index (χ4v) is 16.3. The second kappa shape index (κ2) is 31.8. The maximum absolute atomic E-state index is 15.0. The summed E-state index contributed by atoms with van der Waals surface area (Å²) in [5.74, 6) is -4.01. The van der Waals surface area contributed by atoms with Crippen LogP contribution in [0.5, 0.6) is 0 Å². The molecule has 0 unspecified atom stereocenters. The van der Waals surface area contributed by atoms with Gasteiger partial charge in [0.2, 0.25) is 59.2 Å². The molecule has 0 spiro atoms. The number of hydrogen-bond donors (Lipinski definition) is 16. The minimum atomic E-state index is -1.12.